The molecule has 0 atom stereocenters. The van der Waals surface area contributed by atoms with Crippen molar-refractivity contribution in [3.8, 4) is 5.95 Å². The van der Waals surface area contributed by atoms with Crippen LogP contribution in [0.15, 0.2) is 6.33 Å². The van der Waals surface area contributed by atoms with E-state index in [9.17, 15) is 10.1 Å². The van der Waals surface area contributed by atoms with E-state index < -0.39 is 5.03 Å². The molecule has 2 N–H and O–H groups in total. The first kappa shape index (κ1) is 8.03. The number of anilines is 1. The highest BCUT2D eigenvalue weighted by atomic mass is 16.7. The Hall–Kier alpha value is -2.59. The van der Waals surface area contributed by atoms with Crippen molar-refractivity contribution < 1.29 is 5.03 Å². The van der Waals surface area contributed by atoms with Gasteiger partial charge in [0.05, 0.1) is 0 Å². The smallest absolute Gasteiger partial charge is 0.234 e. The first-order valence-corrected chi connectivity index (χ1v) is 3.32. The number of tetrazole rings is 1. The molecule has 0 fully saturated rings. The van der Waals surface area contributed by atoms with Crippen molar-refractivity contribution in [2.45, 2.75) is 0 Å². The Morgan fingerprint density at radius 1 is 1.64 bits per heavy atom. The number of nitrogens with one attached hydrogen (secondary N) is 2. The number of aromatic amines is 1. The first-order chi connectivity index (χ1) is 6.77. The first-order valence-electron chi connectivity index (χ1n) is 3.32. The molecular formula is C3H3N9O2. The van der Waals surface area contributed by atoms with Crippen molar-refractivity contribution >= 4 is 5.95 Å². The predicted octanol–water partition coefficient (Wildman–Crippen LogP) is -1.62. The van der Waals surface area contributed by atoms with Gasteiger partial charge in [-0.3, -0.25) is 0 Å². The van der Waals surface area contributed by atoms with Crippen molar-refractivity contribution in [3.05, 3.63) is 16.4 Å². The number of hydrogen-bond donors (Lipinski definition) is 2. The molecule has 14 heavy (non-hydrogen) atoms. The Kier molecular flexibility index (Phi) is 1.74. The molecule has 2 aromatic rings. The lowest BCUT2D eigenvalue weighted by atomic mass is 10.9. The van der Waals surface area contributed by atoms with Crippen LogP contribution in [-0.4, -0.2) is 40.4 Å². The molecule has 11 nitrogen and oxygen atoms in total. The van der Waals surface area contributed by atoms with E-state index in [-0.39, 0.29) is 11.9 Å². The molecule has 0 unspecified atom stereocenters. The second-order valence-electron chi connectivity index (χ2n) is 2.08. The summed E-state index contributed by atoms with van der Waals surface area (Å²) in [6, 6.07) is 0. The topological polar surface area (TPSA) is 140 Å². The SMILES string of the molecule is O=[N+]([O-])Nc1ncnn1-c1nn[nH]n1. The second kappa shape index (κ2) is 3.04. The molecule has 11 heteroatoms. The van der Waals surface area contributed by atoms with E-state index in [4.69, 9.17) is 0 Å². The van der Waals surface area contributed by atoms with Gasteiger partial charge in [0, 0.05) is 0 Å². The minimum atomic E-state index is -0.763. The van der Waals surface area contributed by atoms with E-state index >= 15 is 0 Å². The fraction of sp³-hybridized carbons (Fsp3) is 0. The summed E-state index contributed by atoms with van der Waals surface area (Å²) in [6.07, 6.45) is 1.13. The summed E-state index contributed by atoms with van der Waals surface area (Å²) in [4.78, 5) is 13.7. The van der Waals surface area contributed by atoms with E-state index in [0.29, 0.717) is 0 Å². The van der Waals surface area contributed by atoms with E-state index in [2.05, 4.69) is 30.7 Å². The van der Waals surface area contributed by atoms with Gasteiger partial charge in [-0.25, -0.2) is 10.1 Å². The van der Waals surface area contributed by atoms with Crippen LogP contribution in [0.1, 0.15) is 0 Å². The average Bonchev–Trinajstić information content (AvgIpc) is 2.70. The largest absolute Gasteiger partial charge is 0.293 e. The molecule has 0 radical (unpaired) electrons. The van der Waals surface area contributed by atoms with Crippen molar-refractivity contribution in [1.29, 1.82) is 0 Å². The zero-order valence-electron chi connectivity index (χ0n) is 6.52. The van der Waals surface area contributed by atoms with Crippen LogP contribution in [-0.2, 0) is 0 Å². The molecule has 0 saturated carbocycles. The molecule has 2 rings (SSSR count). The zero-order chi connectivity index (χ0) is 9.97. The fourth-order valence-electron chi connectivity index (χ4n) is 0.792. The van der Waals surface area contributed by atoms with Gasteiger partial charge in [0.15, 0.2) is 5.03 Å². The van der Waals surface area contributed by atoms with Crippen molar-refractivity contribution in [2.75, 3.05) is 5.43 Å². The minimum Gasteiger partial charge on any atom is -0.234 e. The lowest BCUT2D eigenvalue weighted by Crippen LogP contribution is -2.14. The van der Waals surface area contributed by atoms with Crippen LogP contribution < -0.4 is 5.43 Å². The monoisotopic (exact) mass is 197 g/mol. The lowest BCUT2D eigenvalue weighted by Gasteiger charge is -1.95. The van der Waals surface area contributed by atoms with Crippen LogP contribution in [0.4, 0.5) is 5.95 Å². The molecule has 0 aromatic carbocycles. The van der Waals surface area contributed by atoms with Gasteiger partial charge in [-0.05, 0) is 5.21 Å². The van der Waals surface area contributed by atoms with E-state index in [1.54, 1.807) is 0 Å². The summed E-state index contributed by atoms with van der Waals surface area (Å²) in [5.74, 6) is -0.0387. The normalized spacial score (nSPS) is 10.0. The maximum Gasteiger partial charge on any atom is 0.293 e. The Morgan fingerprint density at radius 3 is 3.14 bits per heavy atom. The summed E-state index contributed by atoms with van der Waals surface area (Å²) < 4.78 is 1.03. The summed E-state index contributed by atoms with van der Waals surface area (Å²) in [7, 11) is 0. The van der Waals surface area contributed by atoms with Gasteiger partial charge in [-0.15, -0.1) is 10.2 Å². The van der Waals surface area contributed by atoms with Crippen LogP contribution in [0.25, 0.3) is 5.95 Å². The van der Waals surface area contributed by atoms with Crippen LogP contribution in [0.2, 0.25) is 0 Å². The quantitative estimate of drug-likeness (QED) is 0.442. The maximum atomic E-state index is 10.1. The second-order valence-corrected chi connectivity index (χ2v) is 2.08. The number of nitro groups is 1. The zero-order valence-corrected chi connectivity index (χ0v) is 6.52. The van der Waals surface area contributed by atoms with Gasteiger partial charge < -0.3 is 0 Å². The number of H-pyrrole nitrogens is 1. The van der Waals surface area contributed by atoms with Crippen molar-refractivity contribution in [2.24, 2.45) is 0 Å². The van der Waals surface area contributed by atoms with Crippen LogP contribution in [0, 0.1) is 10.1 Å². The Bertz CT molecular complexity index is 431. The van der Waals surface area contributed by atoms with Crippen molar-refractivity contribution in [3.63, 3.8) is 0 Å². The number of rotatable bonds is 3. The van der Waals surface area contributed by atoms with Gasteiger partial charge in [0.2, 0.25) is 0 Å². The lowest BCUT2D eigenvalue weighted by molar-refractivity contribution is -0.446. The number of hydrogen-bond acceptors (Lipinski definition) is 7. The molecule has 72 valence electrons. The fourth-order valence-corrected chi connectivity index (χ4v) is 0.792. The number of hydrazine groups is 1. The third kappa shape index (κ3) is 1.33. The molecule has 0 spiro atoms. The van der Waals surface area contributed by atoms with Crippen LogP contribution >= 0.6 is 0 Å². The molecule has 2 heterocycles. The highest BCUT2D eigenvalue weighted by Crippen LogP contribution is 2.04. The standard InChI is InChI=1S/C3H3N9O2/c13-12(14)8-2-4-1-5-11(2)3-6-9-10-7-3/h1H,(H,4,5,8)(H,6,7,9,10). The van der Waals surface area contributed by atoms with Crippen molar-refractivity contribution in [1.82, 2.24) is 35.4 Å². The van der Waals surface area contributed by atoms with E-state index in [1.165, 1.54) is 0 Å². The van der Waals surface area contributed by atoms with Crippen LogP contribution in [0.3, 0.4) is 0 Å². The third-order valence-corrected chi connectivity index (χ3v) is 1.26. The highest BCUT2D eigenvalue weighted by Gasteiger charge is 2.13. The van der Waals surface area contributed by atoms with Gasteiger partial charge >= 0.3 is 0 Å². The van der Waals surface area contributed by atoms with Gasteiger partial charge in [0.25, 0.3) is 11.9 Å². The molecule has 0 aliphatic heterocycles. The van der Waals surface area contributed by atoms with E-state index in [1.807, 2.05) is 5.43 Å². The molecule has 0 saturated heterocycles. The Labute approximate surface area is 75.3 Å². The maximum absolute atomic E-state index is 10.1. The molecule has 0 bridgehead atoms. The molecule has 0 aliphatic rings. The highest BCUT2D eigenvalue weighted by molar-refractivity contribution is 5.26. The molecule has 0 amide bonds. The third-order valence-electron chi connectivity index (χ3n) is 1.26. The molecule has 2 aromatic heterocycles. The minimum absolute atomic E-state index is 0.0619. The Balaban J connectivity index is 2.35. The molecule has 0 aliphatic carbocycles. The van der Waals surface area contributed by atoms with Crippen LogP contribution in [0.5, 0.6) is 0 Å². The predicted molar refractivity (Wildman–Crippen MR) is 39.7 cm³/mol. The summed E-state index contributed by atoms with van der Waals surface area (Å²) >= 11 is 0. The molecular weight excluding hydrogens is 194 g/mol. The summed E-state index contributed by atoms with van der Waals surface area (Å²) in [5, 5.41) is 25.7. The Morgan fingerprint density at radius 2 is 2.50 bits per heavy atom. The summed E-state index contributed by atoms with van der Waals surface area (Å²) in [5.41, 5.74) is 1.83. The van der Waals surface area contributed by atoms with Gasteiger partial charge in [0.1, 0.15) is 6.33 Å². The summed E-state index contributed by atoms with van der Waals surface area (Å²) in [6.45, 7) is 0. The van der Waals surface area contributed by atoms with Gasteiger partial charge in [-0.1, -0.05) is 10.5 Å². The number of aromatic nitrogens is 7. The average molecular weight is 197 g/mol. The van der Waals surface area contributed by atoms with Gasteiger partial charge in [-0.2, -0.15) is 14.9 Å². The number of nitrogens with zero attached hydrogens (tertiary/aromatic N) is 7. The van der Waals surface area contributed by atoms with E-state index in [0.717, 1.165) is 11.0 Å².